The molecule has 4 heteroatoms. The van der Waals surface area contributed by atoms with Gasteiger partial charge >= 0.3 is 5.97 Å². The predicted octanol–water partition coefficient (Wildman–Crippen LogP) is 9.60. The number of methoxy groups -OCH3 is 1. The van der Waals surface area contributed by atoms with Gasteiger partial charge in [0.25, 0.3) is 0 Å². The van der Waals surface area contributed by atoms with E-state index in [9.17, 15) is 9.59 Å². The zero-order valence-corrected chi connectivity index (χ0v) is 28.7. The second-order valence-electron chi connectivity index (χ2n) is 16.8. The summed E-state index contributed by atoms with van der Waals surface area (Å²) in [6, 6.07) is 0. The van der Waals surface area contributed by atoms with Gasteiger partial charge in [0.15, 0.2) is 5.78 Å². The van der Waals surface area contributed by atoms with Gasteiger partial charge in [0.2, 0.25) is 0 Å². The fourth-order valence-corrected chi connectivity index (χ4v) is 11.0. The third-order valence-corrected chi connectivity index (χ3v) is 13.0. The van der Waals surface area contributed by atoms with Crippen molar-refractivity contribution in [1.29, 1.82) is 0 Å². The van der Waals surface area contributed by atoms with E-state index in [2.05, 4.69) is 61.5 Å². The molecule has 0 aromatic rings. The van der Waals surface area contributed by atoms with E-state index in [1.54, 1.807) is 5.57 Å². The smallest absolute Gasteiger partial charge is 0.309 e. The topological polar surface area (TPSA) is 52.6 Å². The maximum Gasteiger partial charge on any atom is 0.309 e. The van der Waals surface area contributed by atoms with E-state index < -0.39 is 0 Å². The summed E-state index contributed by atoms with van der Waals surface area (Å²) in [6.45, 7) is 19.4. The number of hydrogen-bond donors (Lipinski definition) is 0. The molecule has 0 saturated heterocycles. The lowest BCUT2D eigenvalue weighted by Gasteiger charge is -2.63. The summed E-state index contributed by atoms with van der Waals surface area (Å²) in [5, 5.41) is 0. The van der Waals surface area contributed by atoms with Crippen LogP contribution in [0.15, 0.2) is 11.6 Å². The highest BCUT2D eigenvalue weighted by Crippen LogP contribution is 2.72. The number of Topliss-reactive ketones (excluding diaryl/α,β-unsaturated/α-hetero) is 1. The van der Waals surface area contributed by atoms with Crippen molar-refractivity contribution < 1.29 is 19.1 Å². The van der Waals surface area contributed by atoms with Crippen molar-refractivity contribution >= 4 is 11.8 Å². The highest BCUT2D eigenvalue weighted by atomic mass is 16.5. The molecule has 0 amide bonds. The van der Waals surface area contributed by atoms with Crippen LogP contribution in [0.5, 0.6) is 0 Å². The molecule has 0 aromatic heterocycles. The molecule has 3 fully saturated rings. The summed E-state index contributed by atoms with van der Waals surface area (Å²) in [5.41, 5.74) is 2.60. The maximum absolute atomic E-state index is 13.3. The van der Waals surface area contributed by atoms with Gasteiger partial charge in [0, 0.05) is 20.0 Å². The van der Waals surface area contributed by atoms with Crippen LogP contribution in [-0.2, 0) is 19.1 Å². The number of carbonyl (C=O) groups is 2. The Kier molecular flexibility index (Phi) is 10.8. The van der Waals surface area contributed by atoms with Crippen molar-refractivity contribution in [2.24, 2.45) is 57.7 Å². The summed E-state index contributed by atoms with van der Waals surface area (Å²) < 4.78 is 11.2. The Morgan fingerprint density at radius 3 is 2.31 bits per heavy atom. The van der Waals surface area contributed by atoms with Crippen molar-refractivity contribution in [3.8, 4) is 0 Å². The number of ketones is 1. The van der Waals surface area contributed by atoms with Crippen LogP contribution in [0.2, 0.25) is 0 Å². The average molecular weight is 585 g/mol. The predicted molar refractivity (Wildman–Crippen MR) is 172 cm³/mol. The molecule has 0 heterocycles. The van der Waals surface area contributed by atoms with Crippen molar-refractivity contribution in [3.63, 3.8) is 0 Å². The second-order valence-corrected chi connectivity index (χ2v) is 16.8. The Balaban J connectivity index is 1.44. The van der Waals surface area contributed by atoms with E-state index in [1.807, 2.05) is 0 Å². The molecule has 4 aliphatic carbocycles. The Hall–Kier alpha value is -1.16. The molecule has 3 saturated carbocycles. The largest absolute Gasteiger partial charge is 0.462 e. The van der Waals surface area contributed by atoms with E-state index >= 15 is 0 Å². The number of esters is 1. The fourth-order valence-electron chi connectivity index (χ4n) is 11.0. The number of ether oxygens (including phenoxy) is 2. The van der Waals surface area contributed by atoms with Gasteiger partial charge in [-0.15, -0.1) is 0 Å². The van der Waals surface area contributed by atoms with E-state index in [0.717, 1.165) is 48.9 Å². The molecule has 1 unspecified atom stereocenters. The average Bonchev–Trinajstić information content (AvgIpc) is 3.26. The molecule has 0 aliphatic heterocycles. The van der Waals surface area contributed by atoms with Crippen LogP contribution in [0.4, 0.5) is 0 Å². The van der Waals surface area contributed by atoms with Crippen molar-refractivity contribution in [3.05, 3.63) is 11.6 Å². The third kappa shape index (κ3) is 6.74. The molecule has 240 valence electrons. The first kappa shape index (κ1) is 33.7. The normalized spacial score (nSPS) is 37.5. The van der Waals surface area contributed by atoms with Crippen LogP contribution in [0, 0.1) is 57.7 Å². The number of fused-ring (bicyclic) bond motifs is 5. The molecule has 9 atom stereocenters. The molecule has 0 N–H and O–H groups in total. The molecule has 4 nitrogen and oxygen atoms in total. The van der Waals surface area contributed by atoms with Crippen LogP contribution < -0.4 is 0 Å². The summed E-state index contributed by atoms with van der Waals surface area (Å²) in [7, 11) is 1.53. The van der Waals surface area contributed by atoms with Crippen LogP contribution in [0.1, 0.15) is 139 Å². The fraction of sp³-hybridized carbons (Fsp3) is 0.895. The van der Waals surface area contributed by atoms with Gasteiger partial charge in [-0.25, -0.2) is 0 Å². The molecule has 42 heavy (non-hydrogen) atoms. The van der Waals surface area contributed by atoms with Crippen molar-refractivity contribution in [1.82, 2.24) is 0 Å². The third-order valence-electron chi connectivity index (χ3n) is 13.0. The first-order valence-electron chi connectivity index (χ1n) is 17.6. The Labute approximate surface area is 258 Å². The molecule has 4 rings (SSSR count). The zero-order chi connectivity index (χ0) is 30.9. The standard InChI is InChI=1S/C38H64O4/c1-25(2)11-10-12-27(5)32-13-14-33-37(32,7)20-17-34-36(6)19-16-31(23-29(36)15-18-38(33,34)8)42-35(40)28(21-26(3)4)22-30(39)24-41-9/h15,25-28,31-34H,10-14,16-24H2,1-9H3/t27-,28?,31+,32-,33-,34-,36+,37-,38+/m1/s1. The number of allylic oxidation sites excluding steroid dienone is 1. The van der Waals surface area contributed by atoms with Crippen molar-refractivity contribution in [2.75, 3.05) is 13.7 Å². The lowest BCUT2D eigenvalue weighted by Crippen LogP contribution is -2.56. The highest BCUT2D eigenvalue weighted by molar-refractivity contribution is 5.85. The molecular formula is C38H64O4. The minimum Gasteiger partial charge on any atom is -0.462 e. The summed E-state index contributed by atoms with van der Waals surface area (Å²) in [6.07, 6.45) is 17.2. The molecule has 0 spiro atoms. The van der Waals surface area contributed by atoms with Gasteiger partial charge in [-0.1, -0.05) is 86.3 Å². The first-order chi connectivity index (χ1) is 19.7. The molecule has 0 radical (unpaired) electrons. The summed E-state index contributed by atoms with van der Waals surface area (Å²) >= 11 is 0. The minimum atomic E-state index is -0.372. The van der Waals surface area contributed by atoms with Crippen LogP contribution in [-0.4, -0.2) is 31.6 Å². The Bertz CT molecular complexity index is 982. The Morgan fingerprint density at radius 2 is 1.64 bits per heavy atom. The summed E-state index contributed by atoms with van der Waals surface area (Å²) in [5.74, 6) is 3.81. The maximum atomic E-state index is 13.3. The monoisotopic (exact) mass is 584 g/mol. The first-order valence-corrected chi connectivity index (χ1v) is 17.6. The lowest BCUT2D eigenvalue weighted by molar-refractivity contribution is -0.160. The summed E-state index contributed by atoms with van der Waals surface area (Å²) in [4.78, 5) is 25.6. The Morgan fingerprint density at radius 1 is 0.905 bits per heavy atom. The molecule has 0 aromatic carbocycles. The zero-order valence-electron chi connectivity index (χ0n) is 28.7. The van der Waals surface area contributed by atoms with Crippen LogP contribution >= 0.6 is 0 Å². The van der Waals surface area contributed by atoms with E-state index in [0.29, 0.717) is 23.2 Å². The van der Waals surface area contributed by atoms with Crippen LogP contribution in [0.25, 0.3) is 0 Å². The quantitative estimate of drug-likeness (QED) is 0.160. The van der Waals surface area contributed by atoms with Gasteiger partial charge < -0.3 is 9.47 Å². The van der Waals surface area contributed by atoms with E-state index in [-0.39, 0.29) is 42.2 Å². The van der Waals surface area contributed by atoms with Crippen LogP contribution in [0.3, 0.4) is 0 Å². The number of rotatable bonds is 13. The van der Waals surface area contributed by atoms with Gasteiger partial charge in [0.1, 0.15) is 12.7 Å². The van der Waals surface area contributed by atoms with Gasteiger partial charge in [-0.3, -0.25) is 9.59 Å². The van der Waals surface area contributed by atoms with E-state index in [1.165, 1.54) is 58.5 Å². The van der Waals surface area contributed by atoms with Crippen molar-refractivity contribution in [2.45, 2.75) is 145 Å². The highest BCUT2D eigenvalue weighted by Gasteiger charge is 2.64. The van der Waals surface area contributed by atoms with E-state index in [4.69, 9.17) is 9.47 Å². The number of hydrogen-bond acceptors (Lipinski definition) is 4. The second kappa shape index (κ2) is 13.5. The molecular weight excluding hydrogens is 520 g/mol. The number of carbonyl (C=O) groups excluding carboxylic acids is 2. The van der Waals surface area contributed by atoms with Gasteiger partial charge in [-0.05, 0) is 103 Å². The minimum absolute atomic E-state index is 0.0194. The van der Waals surface area contributed by atoms with Gasteiger partial charge in [0.05, 0.1) is 5.92 Å². The van der Waals surface area contributed by atoms with Gasteiger partial charge in [-0.2, -0.15) is 0 Å². The lowest BCUT2D eigenvalue weighted by atomic mass is 9.41. The molecule has 0 bridgehead atoms. The SMILES string of the molecule is COCC(=O)CC(CC(C)C)C(=O)O[C@H]1CC[C@@]2(C)C(=CC[C@@]3(C)[C@@H]4CC[C@H]([C@H](C)CCCC(C)C)[C@@]4(C)CC[C@@H]32)C1. The molecule has 4 aliphatic rings.